The first-order valence-electron chi connectivity index (χ1n) is 7.85. The maximum absolute atomic E-state index is 12.4. The topological polar surface area (TPSA) is 65.1 Å². The summed E-state index contributed by atoms with van der Waals surface area (Å²) in [6.45, 7) is 4.75. The molecule has 124 valence electrons. The van der Waals surface area contributed by atoms with E-state index in [4.69, 9.17) is 11.6 Å². The number of benzene rings is 1. The highest BCUT2D eigenvalue weighted by atomic mass is 35.5. The van der Waals surface area contributed by atoms with Crippen LogP contribution in [0.3, 0.4) is 0 Å². The molecule has 0 atom stereocenters. The van der Waals surface area contributed by atoms with Crippen LogP contribution in [0.4, 0.5) is 0 Å². The van der Waals surface area contributed by atoms with Crippen LogP contribution in [0, 0.1) is 6.92 Å². The van der Waals surface area contributed by atoms with Crippen molar-refractivity contribution in [3.63, 3.8) is 0 Å². The minimum absolute atomic E-state index is 0.219. The number of hydrogen-bond donors (Lipinski definition) is 0. The van der Waals surface area contributed by atoms with Gasteiger partial charge in [0.05, 0.1) is 28.4 Å². The van der Waals surface area contributed by atoms with Crippen molar-refractivity contribution < 1.29 is 0 Å². The van der Waals surface area contributed by atoms with Gasteiger partial charge in [-0.2, -0.15) is 14.9 Å². The average molecular weight is 344 g/mol. The quantitative estimate of drug-likeness (QED) is 0.668. The fourth-order valence-corrected chi connectivity index (χ4v) is 2.74. The van der Waals surface area contributed by atoms with E-state index in [1.165, 1.54) is 11.0 Å². The van der Waals surface area contributed by atoms with E-state index in [1.807, 2.05) is 13.0 Å². The van der Waals surface area contributed by atoms with Crippen molar-refractivity contribution in [2.24, 2.45) is 5.10 Å². The van der Waals surface area contributed by atoms with E-state index in [1.54, 1.807) is 29.1 Å². The zero-order valence-electron chi connectivity index (χ0n) is 13.6. The Morgan fingerprint density at radius 2 is 2.12 bits per heavy atom. The number of hydrogen-bond acceptors (Lipinski definition) is 4. The molecule has 2 heterocycles. The molecule has 6 nitrogen and oxygen atoms in total. The third kappa shape index (κ3) is 3.10. The number of unbranched alkanes of at least 4 members (excludes halogenated alkanes) is 1. The lowest BCUT2D eigenvalue weighted by molar-refractivity contribution is 0.569. The van der Waals surface area contributed by atoms with Gasteiger partial charge in [0.2, 0.25) is 0 Å². The van der Waals surface area contributed by atoms with E-state index in [-0.39, 0.29) is 5.56 Å². The predicted octanol–water partition coefficient (Wildman–Crippen LogP) is 3.24. The molecule has 1 aromatic carbocycles. The van der Waals surface area contributed by atoms with Gasteiger partial charge >= 0.3 is 0 Å². The van der Waals surface area contributed by atoms with Gasteiger partial charge in [-0.15, -0.1) is 0 Å². The van der Waals surface area contributed by atoms with Crippen LogP contribution in [-0.4, -0.2) is 25.7 Å². The molecule has 0 N–H and O–H groups in total. The predicted molar refractivity (Wildman–Crippen MR) is 95.9 cm³/mol. The zero-order valence-corrected chi connectivity index (χ0v) is 14.4. The molecule has 0 aliphatic carbocycles. The Labute approximate surface area is 144 Å². The second-order valence-electron chi connectivity index (χ2n) is 5.52. The van der Waals surface area contributed by atoms with E-state index < -0.39 is 0 Å². The van der Waals surface area contributed by atoms with Crippen molar-refractivity contribution in [3.05, 3.63) is 57.4 Å². The molecule has 0 aliphatic rings. The zero-order chi connectivity index (χ0) is 17.1. The lowest BCUT2D eigenvalue weighted by atomic mass is 10.2. The first-order valence-corrected chi connectivity index (χ1v) is 8.23. The number of aryl methyl sites for hydroxylation is 2. The number of fused-ring (bicyclic) bond motifs is 1. The van der Waals surface area contributed by atoms with Crippen LogP contribution < -0.4 is 5.56 Å². The Hall–Kier alpha value is -2.47. The molecule has 0 saturated heterocycles. The van der Waals surface area contributed by atoms with Crippen molar-refractivity contribution >= 4 is 28.7 Å². The molecular weight excluding hydrogens is 326 g/mol. The number of aromatic nitrogens is 4. The highest BCUT2D eigenvalue weighted by Crippen LogP contribution is 2.18. The molecule has 0 aliphatic heterocycles. The van der Waals surface area contributed by atoms with Crippen LogP contribution in [0.5, 0.6) is 0 Å². The van der Waals surface area contributed by atoms with Gasteiger partial charge in [0.25, 0.3) is 5.56 Å². The van der Waals surface area contributed by atoms with Gasteiger partial charge in [-0.25, -0.2) is 4.98 Å². The monoisotopic (exact) mass is 343 g/mol. The van der Waals surface area contributed by atoms with Crippen molar-refractivity contribution in [2.75, 3.05) is 0 Å². The minimum atomic E-state index is -0.219. The lowest BCUT2D eigenvalue weighted by Crippen LogP contribution is -2.17. The molecular formula is C17H18ClN5O. The number of rotatable bonds is 5. The van der Waals surface area contributed by atoms with E-state index in [0.29, 0.717) is 21.6 Å². The van der Waals surface area contributed by atoms with E-state index in [2.05, 4.69) is 22.1 Å². The molecule has 2 aromatic heterocycles. The van der Waals surface area contributed by atoms with Crippen LogP contribution in [0.15, 0.2) is 40.5 Å². The molecule has 24 heavy (non-hydrogen) atoms. The summed E-state index contributed by atoms with van der Waals surface area (Å²) in [7, 11) is 0. The number of halogens is 1. The summed E-state index contributed by atoms with van der Waals surface area (Å²) in [4.78, 5) is 16.7. The van der Waals surface area contributed by atoms with Crippen molar-refractivity contribution in [3.8, 4) is 0 Å². The highest BCUT2D eigenvalue weighted by molar-refractivity contribution is 6.32. The summed E-state index contributed by atoms with van der Waals surface area (Å²) in [5.41, 5.74) is 1.93. The van der Waals surface area contributed by atoms with Crippen LogP contribution in [0.2, 0.25) is 5.15 Å². The SMILES string of the molecule is CCCCn1nc(C)c(/C=N/n2cnc3ccccc3c2=O)c1Cl. The molecule has 3 rings (SSSR count). The second-order valence-corrected chi connectivity index (χ2v) is 5.88. The fourth-order valence-electron chi connectivity index (χ4n) is 2.43. The Kier molecular flexibility index (Phi) is 4.76. The molecule has 0 bridgehead atoms. The summed E-state index contributed by atoms with van der Waals surface area (Å²) < 4.78 is 2.98. The first kappa shape index (κ1) is 16.4. The third-order valence-corrected chi connectivity index (χ3v) is 4.19. The Balaban J connectivity index is 1.96. The van der Waals surface area contributed by atoms with Gasteiger partial charge < -0.3 is 0 Å². The summed E-state index contributed by atoms with van der Waals surface area (Å²) in [5.74, 6) is 0. The molecule has 0 spiro atoms. The molecule has 7 heteroatoms. The largest absolute Gasteiger partial charge is 0.281 e. The number of nitrogens with zero attached hydrogens (tertiary/aromatic N) is 5. The average Bonchev–Trinajstić information content (AvgIpc) is 2.86. The maximum atomic E-state index is 12.4. The summed E-state index contributed by atoms with van der Waals surface area (Å²) in [6.07, 6.45) is 5.04. The van der Waals surface area contributed by atoms with E-state index in [9.17, 15) is 4.79 Å². The Morgan fingerprint density at radius 3 is 2.92 bits per heavy atom. The lowest BCUT2D eigenvalue weighted by Gasteiger charge is -2.01. The second kappa shape index (κ2) is 6.97. The first-order chi connectivity index (χ1) is 11.6. The Morgan fingerprint density at radius 1 is 1.33 bits per heavy atom. The van der Waals surface area contributed by atoms with Crippen LogP contribution in [0.25, 0.3) is 10.9 Å². The van der Waals surface area contributed by atoms with Crippen LogP contribution in [0.1, 0.15) is 31.0 Å². The van der Waals surface area contributed by atoms with E-state index >= 15 is 0 Å². The fraction of sp³-hybridized carbons (Fsp3) is 0.294. The van der Waals surface area contributed by atoms with Gasteiger partial charge in [-0.05, 0) is 25.5 Å². The molecule has 0 amide bonds. The van der Waals surface area contributed by atoms with Gasteiger partial charge in [0.1, 0.15) is 11.5 Å². The highest BCUT2D eigenvalue weighted by Gasteiger charge is 2.11. The summed E-state index contributed by atoms with van der Waals surface area (Å²) in [6, 6.07) is 7.18. The summed E-state index contributed by atoms with van der Waals surface area (Å²) >= 11 is 6.37. The van der Waals surface area contributed by atoms with Gasteiger partial charge in [-0.3, -0.25) is 9.48 Å². The normalized spacial score (nSPS) is 11.6. The Bertz CT molecular complexity index is 957. The molecule has 0 unspecified atom stereocenters. The minimum Gasteiger partial charge on any atom is -0.267 e. The van der Waals surface area contributed by atoms with Crippen molar-refractivity contribution in [1.82, 2.24) is 19.4 Å². The number of para-hydroxylation sites is 1. The van der Waals surface area contributed by atoms with Gasteiger partial charge in [-0.1, -0.05) is 37.1 Å². The molecule has 3 aromatic rings. The molecule has 0 radical (unpaired) electrons. The smallest absolute Gasteiger partial charge is 0.267 e. The standard InChI is InChI=1S/C17H18ClN5O/c1-3-4-9-22-16(18)14(12(2)21-22)10-20-23-11-19-15-8-6-5-7-13(15)17(23)24/h5-8,10-11H,3-4,9H2,1-2H3/b20-10+. The third-order valence-electron chi connectivity index (χ3n) is 3.79. The molecule has 0 saturated carbocycles. The van der Waals surface area contributed by atoms with E-state index in [0.717, 1.165) is 25.1 Å². The van der Waals surface area contributed by atoms with Gasteiger partial charge in [0, 0.05) is 6.54 Å². The summed E-state index contributed by atoms with van der Waals surface area (Å²) in [5, 5.41) is 9.70. The van der Waals surface area contributed by atoms with Crippen LogP contribution in [-0.2, 0) is 6.54 Å². The van der Waals surface area contributed by atoms with Crippen molar-refractivity contribution in [1.29, 1.82) is 0 Å². The van der Waals surface area contributed by atoms with Crippen LogP contribution >= 0.6 is 11.6 Å². The van der Waals surface area contributed by atoms with Crippen molar-refractivity contribution in [2.45, 2.75) is 33.2 Å². The molecule has 0 fully saturated rings. The van der Waals surface area contributed by atoms with Gasteiger partial charge in [0.15, 0.2) is 0 Å². The maximum Gasteiger partial charge on any atom is 0.281 e.